The second-order valence-electron chi connectivity index (χ2n) is 5.82. The zero-order valence-corrected chi connectivity index (χ0v) is 12.6. The van der Waals surface area contributed by atoms with E-state index < -0.39 is 0 Å². The molecule has 1 amide bonds. The molecule has 112 valence electrons. The highest BCUT2D eigenvalue weighted by molar-refractivity contribution is 6.06. The number of methoxy groups -OCH3 is 1. The number of aromatic nitrogens is 1. The molecular formula is C17H22N2O2. The molecule has 1 heterocycles. The van der Waals surface area contributed by atoms with Crippen LogP contribution < -0.4 is 0 Å². The summed E-state index contributed by atoms with van der Waals surface area (Å²) in [5.74, 6) is 0.750. The molecule has 1 fully saturated rings. The van der Waals surface area contributed by atoms with Crippen LogP contribution in [0.5, 0.6) is 0 Å². The molecule has 4 heteroatoms. The molecule has 1 aromatic heterocycles. The van der Waals surface area contributed by atoms with Crippen molar-refractivity contribution in [2.45, 2.75) is 25.8 Å². The lowest BCUT2D eigenvalue weighted by Gasteiger charge is -2.29. The number of carbonyl (C=O) groups excluding carboxylic acids is 1. The van der Waals surface area contributed by atoms with Crippen molar-refractivity contribution in [1.29, 1.82) is 0 Å². The summed E-state index contributed by atoms with van der Waals surface area (Å²) in [5.41, 5.74) is 1.76. The molecule has 3 rings (SSSR count). The van der Waals surface area contributed by atoms with Crippen molar-refractivity contribution in [3.63, 3.8) is 0 Å². The Morgan fingerprint density at radius 1 is 1.43 bits per heavy atom. The van der Waals surface area contributed by atoms with Gasteiger partial charge in [-0.05, 0) is 31.7 Å². The summed E-state index contributed by atoms with van der Waals surface area (Å²) in [5, 5.41) is 0.993. The third kappa shape index (κ3) is 2.81. The molecule has 0 aliphatic heterocycles. The Bertz CT molecular complexity index is 631. The van der Waals surface area contributed by atoms with Gasteiger partial charge < -0.3 is 14.6 Å². The Morgan fingerprint density at radius 3 is 2.90 bits per heavy atom. The number of aromatic amines is 1. The number of carbonyl (C=O) groups is 1. The predicted molar refractivity (Wildman–Crippen MR) is 83.4 cm³/mol. The molecule has 21 heavy (non-hydrogen) atoms. The van der Waals surface area contributed by atoms with Gasteiger partial charge in [0.05, 0.1) is 12.2 Å². The molecule has 0 saturated heterocycles. The number of nitrogens with one attached hydrogen (secondary N) is 1. The average Bonchev–Trinajstić information content (AvgIpc) is 3.26. The Labute approximate surface area is 125 Å². The number of hydrogen-bond acceptors (Lipinski definition) is 2. The zero-order valence-electron chi connectivity index (χ0n) is 12.6. The van der Waals surface area contributed by atoms with E-state index in [2.05, 4.69) is 11.9 Å². The van der Waals surface area contributed by atoms with Crippen molar-refractivity contribution in [1.82, 2.24) is 9.88 Å². The number of rotatable bonds is 6. The van der Waals surface area contributed by atoms with E-state index in [1.807, 2.05) is 35.4 Å². The van der Waals surface area contributed by atoms with Gasteiger partial charge in [0, 0.05) is 36.8 Å². The van der Waals surface area contributed by atoms with Crippen LogP contribution in [0.4, 0.5) is 0 Å². The van der Waals surface area contributed by atoms with Gasteiger partial charge in [0.25, 0.3) is 5.91 Å². The van der Waals surface area contributed by atoms with Crippen molar-refractivity contribution in [3.8, 4) is 0 Å². The van der Waals surface area contributed by atoms with Crippen molar-refractivity contribution in [3.05, 3.63) is 36.0 Å². The lowest BCUT2D eigenvalue weighted by atomic mass is 10.1. The number of ether oxygens (including phenoxy) is 1. The first-order valence-electron chi connectivity index (χ1n) is 7.58. The summed E-state index contributed by atoms with van der Waals surface area (Å²) in [7, 11) is 1.68. The van der Waals surface area contributed by atoms with E-state index in [1.54, 1.807) is 7.11 Å². The second kappa shape index (κ2) is 5.90. The standard InChI is InChI=1S/C17H22N2O2/c1-12(13-7-8-13)19(9-10-21-2)17(20)15-11-18-16-6-4-3-5-14(15)16/h3-6,11-13,18H,7-10H2,1-2H3. The van der Waals surface area contributed by atoms with Crippen LogP contribution >= 0.6 is 0 Å². The molecule has 1 aromatic carbocycles. The lowest BCUT2D eigenvalue weighted by Crippen LogP contribution is -2.41. The fraction of sp³-hybridized carbons (Fsp3) is 0.471. The molecule has 1 atom stereocenters. The van der Waals surface area contributed by atoms with Crippen molar-refractivity contribution >= 4 is 16.8 Å². The van der Waals surface area contributed by atoms with Crippen LogP contribution in [-0.4, -0.2) is 42.1 Å². The van der Waals surface area contributed by atoms with E-state index >= 15 is 0 Å². The minimum absolute atomic E-state index is 0.101. The van der Waals surface area contributed by atoms with Gasteiger partial charge in [-0.2, -0.15) is 0 Å². The topological polar surface area (TPSA) is 45.3 Å². The molecule has 0 radical (unpaired) electrons. The monoisotopic (exact) mass is 286 g/mol. The Balaban J connectivity index is 1.88. The van der Waals surface area contributed by atoms with Gasteiger partial charge in [-0.15, -0.1) is 0 Å². The van der Waals surface area contributed by atoms with Gasteiger partial charge in [-0.1, -0.05) is 18.2 Å². The number of fused-ring (bicyclic) bond motifs is 1. The van der Waals surface area contributed by atoms with Crippen molar-refractivity contribution in [2.75, 3.05) is 20.3 Å². The summed E-state index contributed by atoms with van der Waals surface area (Å²) in [6, 6.07) is 8.21. The van der Waals surface area contributed by atoms with Gasteiger partial charge in [0.1, 0.15) is 0 Å². The van der Waals surface area contributed by atoms with E-state index in [0.717, 1.165) is 16.5 Å². The summed E-state index contributed by atoms with van der Waals surface area (Å²) in [4.78, 5) is 18.1. The molecular weight excluding hydrogens is 264 g/mol. The largest absolute Gasteiger partial charge is 0.383 e. The number of amides is 1. The molecule has 1 aliphatic rings. The smallest absolute Gasteiger partial charge is 0.256 e. The van der Waals surface area contributed by atoms with Gasteiger partial charge in [-0.25, -0.2) is 0 Å². The third-order valence-electron chi connectivity index (χ3n) is 4.41. The maximum absolute atomic E-state index is 12.9. The summed E-state index contributed by atoms with van der Waals surface area (Å²) in [6.07, 6.45) is 4.28. The van der Waals surface area contributed by atoms with Crippen LogP contribution in [-0.2, 0) is 4.74 Å². The van der Waals surface area contributed by atoms with Gasteiger partial charge in [-0.3, -0.25) is 4.79 Å². The van der Waals surface area contributed by atoms with Crippen molar-refractivity contribution in [2.24, 2.45) is 5.92 Å². The van der Waals surface area contributed by atoms with Crippen LogP contribution in [0.15, 0.2) is 30.5 Å². The Morgan fingerprint density at radius 2 is 2.19 bits per heavy atom. The zero-order chi connectivity index (χ0) is 14.8. The number of nitrogens with zero attached hydrogens (tertiary/aromatic N) is 1. The minimum Gasteiger partial charge on any atom is -0.383 e. The SMILES string of the molecule is COCCN(C(=O)c1c[nH]c2ccccc12)C(C)C1CC1. The fourth-order valence-electron chi connectivity index (χ4n) is 2.92. The van der Waals surface area contributed by atoms with Gasteiger partial charge >= 0.3 is 0 Å². The average molecular weight is 286 g/mol. The lowest BCUT2D eigenvalue weighted by molar-refractivity contribution is 0.0596. The highest BCUT2D eigenvalue weighted by atomic mass is 16.5. The van der Waals surface area contributed by atoms with E-state index in [-0.39, 0.29) is 11.9 Å². The summed E-state index contributed by atoms with van der Waals surface area (Å²) >= 11 is 0. The Hall–Kier alpha value is -1.81. The first-order valence-corrected chi connectivity index (χ1v) is 7.58. The molecule has 0 spiro atoms. The fourth-order valence-corrected chi connectivity index (χ4v) is 2.92. The molecule has 2 aromatic rings. The summed E-state index contributed by atoms with van der Waals surface area (Å²) in [6.45, 7) is 3.37. The first kappa shape index (κ1) is 14.1. The molecule has 4 nitrogen and oxygen atoms in total. The van der Waals surface area contributed by atoms with E-state index in [1.165, 1.54) is 12.8 Å². The van der Waals surface area contributed by atoms with Crippen molar-refractivity contribution < 1.29 is 9.53 Å². The number of para-hydroxylation sites is 1. The number of benzene rings is 1. The quantitative estimate of drug-likeness (QED) is 0.887. The highest BCUT2D eigenvalue weighted by Gasteiger charge is 2.34. The molecule has 1 saturated carbocycles. The third-order valence-corrected chi connectivity index (χ3v) is 4.41. The molecule has 1 unspecified atom stereocenters. The van der Waals surface area contributed by atoms with Crippen LogP contribution in [0.25, 0.3) is 10.9 Å². The number of hydrogen-bond donors (Lipinski definition) is 1. The molecule has 1 aliphatic carbocycles. The van der Waals surface area contributed by atoms with E-state index in [9.17, 15) is 4.79 Å². The minimum atomic E-state index is 0.101. The van der Waals surface area contributed by atoms with Gasteiger partial charge in [0.2, 0.25) is 0 Å². The Kier molecular flexibility index (Phi) is 3.97. The maximum atomic E-state index is 12.9. The van der Waals surface area contributed by atoms with Crippen LogP contribution in [0.1, 0.15) is 30.1 Å². The summed E-state index contributed by atoms with van der Waals surface area (Å²) < 4.78 is 5.18. The molecule has 0 bridgehead atoms. The van der Waals surface area contributed by atoms with Crippen LogP contribution in [0.3, 0.4) is 0 Å². The normalized spacial score (nSPS) is 16.1. The number of H-pyrrole nitrogens is 1. The van der Waals surface area contributed by atoms with E-state index in [0.29, 0.717) is 19.1 Å². The van der Waals surface area contributed by atoms with E-state index in [4.69, 9.17) is 4.74 Å². The van der Waals surface area contributed by atoms with Crippen LogP contribution in [0.2, 0.25) is 0 Å². The second-order valence-corrected chi connectivity index (χ2v) is 5.82. The van der Waals surface area contributed by atoms with Gasteiger partial charge in [0.15, 0.2) is 0 Å². The predicted octanol–water partition coefficient (Wildman–Crippen LogP) is 3.06. The first-order chi connectivity index (χ1) is 10.2. The van der Waals surface area contributed by atoms with Crippen LogP contribution in [0, 0.1) is 5.92 Å². The molecule has 1 N–H and O–H groups in total. The maximum Gasteiger partial charge on any atom is 0.256 e. The highest BCUT2D eigenvalue weighted by Crippen LogP contribution is 2.36.